The van der Waals surface area contributed by atoms with Crippen LogP contribution in [-0.2, 0) is 0 Å². The predicted molar refractivity (Wildman–Crippen MR) is 84.7 cm³/mol. The zero-order valence-corrected chi connectivity index (χ0v) is 12.5. The number of furan rings is 1. The molecular weight excluding hydrogens is 262 g/mol. The Kier molecular flexibility index (Phi) is 4.49. The third-order valence-corrected chi connectivity index (χ3v) is 4.10. The van der Waals surface area contributed by atoms with Crippen LogP contribution in [0.1, 0.15) is 50.8 Å². The van der Waals surface area contributed by atoms with Gasteiger partial charge in [-0.2, -0.15) is 0 Å². The van der Waals surface area contributed by atoms with Crippen molar-refractivity contribution in [3.05, 3.63) is 48.4 Å². The van der Waals surface area contributed by atoms with E-state index in [2.05, 4.69) is 36.5 Å². The SMILES string of the molecule is CCC(Nc1ccc(OC2CCCC2)cc1)c1ccco1. The summed E-state index contributed by atoms with van der Waals surface area (Å²) in [5, 5.41) is 3.50. The second-order valence-corrected chi connectivity index (χ2v) is 5.67. The highest BCUT2D eigenvalue weighted by Crippen LogP contribution is 2.27. The Morgan fingerprint density at radius 3 is 2.57 bits per heavy atom. The molecule has 1 unspecified atom stereocenters. The lowest BCUT2D eigenvalue weighted by Gasteiger charge is -2.17. The van der Waals surface area contributed by atoms with E-state index in [1.807, 2.05) is 12.1 Å². The first-order chi connectivity index (χ1) is 10.3. The lowest BCUT2D eigenvalue weighted by Crippen LogP contribution is -2.11. The van der Waals surface area contributed by atoms with E-state index in [1.165, 1.54) is 25.7 Å². The van der Waals surface area contributed by atoms with Crippen LogP contribution in [0.4, 0.5) is 5.69 Å². The van der Waals surface area contributed by atoms with E-state index in [1.54, 1.807) is 6.26 Å². The molecule has 0 aliphatic heterocycles. The van der Waals surface area contributed by atoms with Gasteiger partial charge in [-0.05, 0) is 68.5 Å². The molecule has 1 saturated carbocycles. The van der Waals surface area contributed by atoms with Crippen LogP contribution >= 0.6 is 0 Å². The molecule has 1 aliphatic carbocycles. The summed E-state index contributed by atoms with van der Waals surface area (Å²) in [6.07, 6.45) is 8.09. The van der Waals surface area contributed by atoms with Crippen molar-refractivity contribution in [2.45, 2.75) is 51.2 Å². The molecule has 1 atom stereocenters. The summed E-state index contributed by atoms with van der Waals surface area (Å²) in [6.45, 7) is 2.15. The number of ether oxygens (including phenoxy) is 1. The Balaban J connectivity index is 1.60. The van der Waals surface area contributed by atoms with E-state index >= 15 is 0 Å². The van der Waals surface area contributed by atoms with Gasteiger partial charge in [0.1, 0.15) is 11.5 Å². The van der Waals surface area contributed by atoms with Gasteiger partial charge in [-0.15, -0.1) is 0 Å². The topological polar surface area (TPSA) is 34.4 Å². The van der Waals surface area contributed by atoms with Gasteiger partial charge in [0.15, 0.2) is 0 Å². The molecule has 1 fully saturated rings. The van der Waals surface area contributed by atoms with Crippen molar-refractivity contribution in [1.29, 1.82) is 0 Å². The first-order valence-electron chi connectivity index (χ1n) is 7.92. The second kappa shape index (κ2) is 6.70. The van der Waals surface area contributed by atoms with Gasteiger partial charge in [0, 0.05) is 5.69 Å². The zero-order valence-electron chi connectivity index (χ0n) is 12.5. The first kappa shape index (κ1) is 14.1. The maximum Gasteiger partial charge on any atom is 0.125 e. The van der Waals surface area contributed by atoms with Crippen LogP contribution in [0.25, 0.3) is 0 Å². The molecule has 1 N–H and O–H groups in total. The molecule has 3 rings (SSSR count). The highest BCUT2D eigenvalue weighted by atomic mass is 16.5. The molecule has 1 aromatic heterocycles. The van der Waals surface area contributed by atoms with Gasteiger partial charge in [-0.25, -0.2) is 0 Å². The van der Waals surface area contributed by atoms with Crippen molar-refractivity contribution in [2.75, 3.05) is 5.32 Å². The van der Waals surface area contributed by atoms with E-state index in [9.17, 15) is 0 Å². The standard InChI is InChI=1S/C18H23NO2/c1-2-17(18-8-5-13-20-18)19-14-9-11-16(12-10-14)21-15-6-3-4-7-15/h5,8-13,15,17,19H,2-4,6-7H2,1H3. The smallest absolute Gasteiger partial charge is 0.125 e. The quantitative estimate of drug-likeness (QED) is 0.795. The van der Waals surface area contributed by atoms with Gasteiger partial charge in [0.25, 0.3) is 0 Å². The van der Waals surface area contributed by atoms with Gasteiger partial charge >= 0.3 is 0 Å². The number of benzene rings is 1. The molecule has 3 nitrogen and oxygen atoms in total. The minimum Gasteiger partial charge on any atom is -0.490 e. The Hall–Kier alpha value is -1.90. The molecule has 1 aromatic carbocycles. The van der Waals surface area contributed by atoms with Crippen LogP contribution in [0, 0.1) is 0 Å². The molecule has 2 aromatic rings. The Morgan fingerprint density at radius 2 is 1.95 bits per heavy atom. The maximum atomic E-state index is 5.99. The summed E-state index contributed by atoms with van der Waals surface area (Å²) in [5.74, 6) is 1.95. The summed E-state index contributed by atoms with van der Waals surface area (Å²) in [5.41, 5.74) is 1.09. The largest absolute Gasteiger partial charge is 0.490 e. The summed E-state index contributed by atoms with van der Waals surface area (Å²) >= 11 is 0. The summed E-state index contributed by atoms with van der Waals surface area (Å²) in [6, 6.07) is 12.4. The normalized spacial score (nSPS) is 16.8. The Labute approximate surface area is 126 Å². The molecule has 0 radical (unpaired) electrons. The highest BCUT2D eigenvalue weighted by Gasteiger charge is 2.16. The lowest BCUT2D eigenvalue weighted by atomic mass is 10.1. The number of hydrogen-bond donors (Lipinski definition) is 1. The van der Waals surface area contributed by atoms with E-state index in [4.69, 9.17) is 9.15 Å². The lowest BCUT2D eigenvalue weighted by molar-refractivity contribution is 0.210. The Morgan fingerprint density at radius 1 is 1.19 bits per heavy atom. The first-order valence-corrected chi connectivity index (χ1v) is 7.92. The fourth-order valence-electron chi connectivity index (χ4n) is 2.89. The van der Waals surface area contributed by atoms with E-state index < -0.39 is 0 Å². The van der Waals surface area contributed by atoms with Crippen LogP contribution in [-0.4, -0.2) is 6.10 Å². The second-order valence-electron chi connectivity index (χ2n) is 5.67. The fraction of sp³-hybridized carbons (Fsp3) is 0.444. The van der Waals surface area contributed by atoms with Crippen LogP contribution in [0.3, 0.4) is 0 Å². The molecule has 0 spiro atoms. The monoisotopic (exact) mass is 285 g/mol. The van der Waals surface area contributed by atoms with Crippen LogP contribution < -0.4 is 10.1 Å². The number of nitrogens with one attached hydrogen (secondary N) is 1. The summed E-state index contributed by atoms with van der Waals surface area (Å²) < 4.78 is 11.5. The Bertz CT molecular complexity index is 527. The molecular formula is C18H23NO2. The number of rotatable bonds is 6. The summed E-state index contributed by atoms with van der Waals surface area (Å²) in [7, 11) is 0. The molecule has 21 heavy (non-hydrogen) atoms. The zero-order chi connectivity index (χ0) is 14.5. The minimum absolute atomic E-state index is 0.210. The molecule has 1 heterocycles. The van der Waals surface area contributed by atoms with Crippen molar-refractivity contribution in [2.24, 2.45) is 0 Å². The van der Waals surface area contributed by atoms with Gasteiger partial charge in [0.05, 0.1) is 18.4 Å². The van der Waals surface area contributed by atoms with Crippen molar-refractivity contribution in [1.82, 2.24) is 0 Å². The third-order valence-electron chi connectivity index (χ3n) is 4.10. The van der Waals surface area contributed by atoms with Gasteiger partial charge in [-0.1, -0.05) is 6.92 Å². The molecule has 112 valence electrons. The summed E-state index contributed by atoms with van der Waals surface area (Å²) in [4.78, 5) is 0. The van der Waals surface area contributed by atoms with Crippen molar-refractivity contribution >= 4 is 5.69 Å². The van der Waals surface area contributed by atoms with Crippen molar-refractivity contribution in [3.63, 3.8) is 0 Å². The van der Waals surface area contributed by atoms with Gasteiger partial charge in [-0.3, -0.25) is 0 Å². The van der Waals surface area contributed by atoms with Crippen molar-refractivity contribution in [3.8, 4) is 5.75 Å². The van der Waals surface area contributed by atoms with E-state index in [0.29, 0.717) is 6.10 Å². The number of anilines is 1. The third kappa shape index (κ3) is 3.60. The molecule has 0 bridgehead atoms. The van der Waals surface area contributed by atoms with Crippen LogP contribution in [0.2, 0.25) is 0 Å². The predicted octanol–water partition coefficient (Wildman–Crippen LogP) is 5.16. The molecule has 0 amide bonds. The minimum atomic E-state index is 0.210. The highest BCUT2D eigenvalue weighted by molar-refractivity contribution is 5.47. The van der Waals surface area contributed by atoms with Crippen molar-refractivity contribution < 1.29 is 9.15 Å². The average Bonchev–Trinajstić information content (AvgIpc) is 3.20. The van der Waals surface area contributed by atoms with Crippen LogP contribution in [0.5, 0.6) is 5.75 Å². The maximum absolute atomic E-state index is 5.99. The average molecular weight is 285 g/mol. The van der Waals surface area contributed by atoms with E-state index in [-0.39, 0.29) is 6.04 Å². The number of hydrogen-bond acceptors (Lipinski definition) is 3. The van der Waals surface area contributed by atoms with Gasteiger partial charge < -0.3 is 14.5 Å². The van der Waals surface area contributed by atoms with Crippen LogP contribution in [0.15, 0.2) is 47.1 Å². The molecule has 3 heteroatoms. The molecule has 1 aliphatic rings. The van der Waals surface area contributed by atoms with Gasteiger partial charge in [0.2, 0.25) is 0 Å². The fourth-order valence-corrected chi connectivity index (χ4v) is 2.89. The van der Waals surface area contributed by atoms with E-state index in [0.717, 1.165) is 23.6 Å². The molecule has 0 saturated heterocycles.